The molecule has 0 amide bonds. The van der Waals surface area contributed by atoms with E-state index in [1.807, 2.05) is 23.7 Å². The third-order valence-corrected chi connectivity index (χ3v) is 6.66. The molecule has 5 rings (SSSR count). The van der Waals surface area contributed by atoms with Crippen molar-refractivity contribution in [2.75, 3.05) is 19.7 Å². The molecule has 0 fully saturated rings. The Kier molecular flexibility index (Phi) is 5.12. The van der Waals surface area contributed by atoms with Gasteiger partial charge in [0, 0.05) is 62.1 Å². The minimum Gasteiger partial charge on any atom is -0.492 e. The fourth-order valence-corrected chi connectivity index (χ4v) is 5.07. The number of ether oxygens (including phenoxy) is 1. The van der Waals surface area contributed by atoms with Gasteiger partial charge >= 0.3 is 0 Å². The predicted molar refractivity (Wildman–Crippen MR) is 112 cm³/mol. The van der Waals surface area contributed by atoms with Crippen LogP contribution in [0.5, 0.6) is 5.75 Å². The topological polar surface area (TPSA) is 28.6 Å². The molecule has 0 unspecified atom stereocenters. The average molecular weight is 392 g/mol. The van der Waals surface area contributed by atoms with Gasteiger partial charge in [0.05, 0.1) is 0 Å². The second kappa shape index (κ2) is 8.03. The number of aromatic nitrogens is 1. The SMILES string of the molecule is c1cc(CN2CCOc3ccc(CN4CCc5sccc5C4)cc3C2)ccn1. The molecule has 0 aliphatic carbocycles. The zero-order valence-electron chi connectivity index (χ0n) is 16.0. The number of nitrogens with zero attached hydrogens (tertiary/aromatic N) is 3. The van der Waals surface area contributed by atoms with Crippen LogP contribution < -0.4 is 4.74 Å². The van der Waals surface area contributed by atoms with E-state index >= 15 is 0 Å². The van der Waals surface area contributed by atoms with Gasteiger partial charge in [-0.25, -0.2) is 0 Å². The van der Waals surface area contributed by atoms with E-state index in [2.05, 4.69) is 56.6 Å². The largest absolute Gasteiger partial charge is 0.492 e. The van der Waals surface area contributed by atoms with Crippen LogP contribution in [-0.2, 0) is 32.6 Å². The van der Waals surface area contributed by atoms with Gasteiger partial charge in [-0.05, 0) is 58.8 Å². The van der Waals surface area contributed by atoms with E-state index in [4.69, 9.17) is 4.74 Å². The van der Waals surface area contributed by atoms with Crippen LogP contribution in [0.2, 0.25) is 0 Å². The van der Waals surface area contributed by atoms with Crippen LogP contribution in [0.15, 0.2) is 54.2 Å². The van der Waals surface area contributed by atoms with E-state index in [-0.39, 0.29) is 0 Å². The Bertz CT molecular complexity index is 940. The molecule has 3 aromatic rings. The van der Waals surface area contributed by atoms with Gasteiger partial charge in [0.1, 0.15) is 12.4 Å². The van der Waals surface area contributed by atoms with Gasteiger partial charge in [0.2, 0.25) is 0 Å². The molecule has 28 heavy (non-hydrogen) atoms. The summed E-state index contributed by atoms with van der Waals surface area (Å²) in [4.78, 5) is 10.7. The Morgan fingerprint density at radius 3 is 2.64 bits per heavy atom. The van der Waals surface area contributed by atoms with Crippen LogP contribution in [0.1, 0.15) is 27.1 Å². The van der Waals surface area contributed by atoms with E-state index in [1.165, 1.54) is 28.7 Å². The van der Waals surface area contributed by atoms with E-state index in [1.54, 1.807) is 4.88 Å². The summed E-state index contributed by atoms with van der Waals surface area (Å²) in [5.41, 5.74) is 5.50. The zero-order valence-corrected chi connectivity index (χ0v) is 16.8. The van der Waals surface area contributed by atoms with Crippen molar-refractivity contribution in [3.8, 4) is 5.75 Å². The third-order valence-electron chi connectivity index (χ3n) is 5.63. The Labute approximate surface area is 170 Å². The van der Waals surface area contributed by atoms with Crippen LogP contribution in [0.25, 0.3) is 0 Å². The van der Waals surface area contributed by atoms with Crippen molar-refractivity contribution in [2.45, 2.75) is 32.6 Å². The number of pyridine rings is 1. The highest BCUT2D eigenvalue weighted by atomic mass is 32.1. The van der Waals surface area contributed by atoms with Gasteiger partial charge in [0.15, 0.2) is 0 Å². The Morgan fingerprint density at radius 2 is 1.71 bits per heavy atom. The van der Waals surface area contributed by atoms with Crippen molar-refractivity contribution in [2.24, 2.45) is 0 Å². The van der Waals surface area contributed by atoms with Gasteiger partial charge in [-0.1, -0.05) is 6.07 Å². The number of thiophene rings is 1. The molecule has 2 aliphatic rings. The maximum Gasteiger partial charge on any atom is 0.123 e. The molecule has 0 spiro atoms. The number of fused-ring (bicyclic) bond motifs is 2. The molecule has 144 valence electrons. The molecular formula is C23H25N3OS. The summed E-state index contributed by atoms with van der Waals surface area (Å²) in [6.07, 6.45) is 4.92. The van der Waals surface area contributed by atoms with E-state index in [9.17, 15) is 0 Å². The van der Waals surface area contributed by atoms with Crippen LogP contribution in [0.4, 0.5) is 0 Å². The minimum atomic E-state index is 0.741. The van der Waals surface area contributed by atoms with Crippen molar-refractivity contribution >= 4 is 11.3 Å². The zero-order chi connectivity index (χ0) is 18.8. The summed E-state index contributed by atoms with van der Waals surface area (Å²) in [5, 5.41) is 2.23. The smallest absolute Gasteiger partial charge is 0.123 e. The summed E-state index contributed by atoms with van der Waals surface area (Å²) >= 11 is 1.90. The van der Waals surface area contributed by atoms with Gasteiger partial charge < -0.3 is 4.74 Å². The van der Waals surface area contributed by atoms with Crippen molar-refractivity contribution in [3.05, 3.63) is 81.3 Å². The summed E-state index contributed by atoms with van der Waals surface area (Å²) in [6, 6.07) is 13.2. The monoisotopic (exact) mass is 391 g/mol. The highest BCUT2D eigenvalue weighted by Crippen LogP contribution is 2.28. The summed E-state index contributed by atoms with van der Waals surface area (Å²) < 4.78 is 6.03. The first kappa shape index (κ1) is 17.9. The average Bonchev–Trinajstić information content (AvgIpc) is 3.09. The molecule has 0 saturated carbocycles. The molecule has 0 radical (unpaired) electrons. The van der Waals surface area contributed by atoms with Crippen LogP contribution in [0.3, 0.4) is 0 Å². The predicted octanol–water partition coefficient (Wildman–Crippen LogP) is 4.10. The van der Waals surface area contributed by atoms with Gasteiger partial charge in [0.25, 0.3) is 0 Å². The normalized spacial score (nSPS) is 17.4. The number of rotatable bonds is 4. The quantitative estimate of drug-likeness (QED) is 0.670. The Morgan fingerprint density at radius 1 is 0.893 bits per heavy atom. The van der Waals surface area contributed by atoms with Crippen LogP contribution >= 0.6 is 11.3 Å². The Hall–Kier alpha value is -2.21. The minimum absolute atomic E-state index is 0.741. The first-order chi connectivity index (χ1) is 13.8. The van der Waals surface area contributed by atoms with E-state index < -0.39 is 0 Å². The fraction of sp³-hybridized carbons (Fsp3) is 0.348. The summed E-state index contributed by atoms with van der Waals surface area (Å²) in [6.45, 7) is 6.77. The first-order valence-electron chi connectivity index (χ1n) is 9.97. The van der Waals surface area contributed by atoms with Crippen LogP contribution in [-0.4, -0.2) is 34.5 Å². The standard InChI is InChI=1S/C23H25N3OS/c1-2-22-21(17-26(10-11-27-22)14-18-3-7-24-8-4-18)13-19(1)15-25-9-5-23-20(16-25)6-12-28-23/h1-4,6-8,12-13H,5,9-11,14-17H2. The van der Waals surface area contributed by atoms with Crippen molar-refractivity contribution in [1.82, 2.24) is 14.8 Å². The maximum atomic E-state index is 6.03. The molecule has 0 saturated heterocycles. The summed E-state index contributed by atoms with van der Waals surface area (Å²) in [7, 11) is 0. The van der Waals surface area contributed by atoms with Crippen molar-refractivity contribution in [3.63, 3.8) is 0 Å². The molecule has 0 N–H and O–H groups in total. The second-order valence-electron chi connectivity index (χ2n) is 7.69. The molecule has 0 atom stereocenters. The molecule has 4 heterocycles. The fourth-order valence-electron chi connectivity index (χ4n) is 4.18. The van der Waals surface area contributed by atoms with E-state index in [0.717, 1.165) is 51.6 Å². The lowest BCUT2D eigenvalue weighted by atomic mass is 10.1. The third kappa shape index (κ3) is 3.97. The number of hydrogen-bond acceptors (Lipinski definition) is 5. The lowest BCUT2D eigenvalue weighted by Crippen LogP contribution is -2.29. The number of benzene rings is 1. The van der Waals surface area contributed by atoms with Crippen LogP contribution in [0, 0.1) is 0 Å². The van der Waals surface area contributed by atoms with Gasteiger partial charge in [-0.2, -0.15) is 0 Å². The molecule has 2 aliphatic heterocycles. The molecule has 4 nitrogen and oxygen atoms in total. The van der Waals surface area contributed by atoms with Gasteiger partial charge in [-0.15, -0.1) is 11.3 Å². The van der Waals surface area contributed by atoms with Crippen molar-refractivity contribution in [1.29, 1.82) is 0 Å². The highest BCUT2D eigenvalue weighted by Gasteiger charge is 2.19. The highest BCUT2D eigenvalue weighted by molar-refractivity contribution is 7.10. The summed E-state index contributed by atoms with van der Waals surface area (Å²) in [5.74, 6) is 1.04. The molecule has 1 aromatic carbocycles. The maximum absolute atomic E-state index is 6.03. The lowest BCUT2D eigenvalue weighted by molar-refractivity contribution is 0.219. The number of hydrogen-bond donors (Lipinski definition) is 0. The second-order valence-corrected chi connectivity index (χ2v) is 8.69. The molecular weight excluding hydrogens is 366 g/mol. The lowest BCUT2D eigenvalue weighted by Gasteiger charge is -2.27. The molecule has 5 heteroatoms. The van der Waals surface area contributed by atoms with Gasteiger partial charge in [-0.3, -0.25) is 14.8 Å². The molecule has 2 aromatic heterocycles. The molecule has 0 bridgehead atoms. The Balaban J connectivity index is 1.29. The first-order valence-corrected chi connectivity index (χ1v) is 10.8. The van der Waals surface area contributed by atoms with E-state index in [0.29, 0.717) is 0 Å². The van der Waals surface area contributed by atoms with Crippen molar-refractivity contribution < 1.29 is 4.74 Å².